The average molecular weight is 433 g/mol. The van der Waals surface area contributed by atoms with Gasteiger partial charge in [-0.3, -0.25) is 4.72 Å². The van der Waals surface area contributed by atoms with Crippen LogP contribution in [0.15, 0.2) is 65.8 Å². The Bertz CT molecular complexity index is 1340. The van der Waals surface area contributed by atoms with E-state index in [0.717, 1.165) is 24.4 Å². The van der Waals surface area contributed by atoms with Crippen LogP contribution in [0.25, 0.3) is 11.0 Å². The monoisotopic (exact) mass is 433 g/mol. The van der Waals surface area contributed by atoms with Gasteiger partial charge in [-0.2, -0.15) is 0 Å². The molecule has 0 amide bonds. The lowest BCUT2D eigenvalue weighted by molar-refractivity contribution is 0.211. The molecule has 30 heavy (non-hydrogen) atoms. The van der Waals surface area contributed by atoms with Gasteiger partial charge in [-0.05, 0) is 30.3 Å². The largest absolute Gasteiger partial charge is 0.383 e. The zero-order chi connectivity index (χ0) is 21.5. The van der Waals surface area contributed by atoms with E-state index in [2.05, 4.69) is 14.7 Å². The normalized spacial score (nSPS) is 12.8. The number of pyridine rings is 1. The first-order chi connectivity index (χ1) is 14.3. The summed E-state index contributed by atoms with van der Waals surface area (Å²) in [4.78, 5) is 6.37. The lowest BCUT2D eigenvalue weighted by Crippen LogP contribution is -2.16. The number of aromatic nitrogens is 2. The van der Waals surface area contributed by atoms with E-state index in [-0.39, 0.29) is 21.5 Å². The molecule has 4 aromatic rings. The number of halogens is 3. The topological polar surface area (TPSA) is 95.1 Å². The molecule has 4 rings (SSSR count). The molecule has 0 bridgehead atoms. The van der Waals surface area contributed by atoms with Crippen molar-refractivity contribution in [1.29, 1.82) is 0 Å². The van der Waals surface area contributed by atoms with Gasteiger partial charge in [-0.25, -0.2) is 26.6 Å². The molecule has 2 aromatic carbocycles. The van der Waals surface area contributed by atoms with Crippen LogP contribution in [0.2, 0.25) is 0 Å². The van der Waals surface area contributed by atoms with Crippen molar-refractivity contribution in [3.05, 3.63) is 89.5 Å². The maximum Gasteiger partial charge on any atom is 0.261 e. The van der Waals surface area contributed by atoms with Crippen molar-refractivity contribution in [3.63, 3.8) is 0 Å². The van der Waals surface area contributed by atoms with Gasteiger partial charge in [0, 0.05) is 17.1 Å². The molecule has 0 saturated heterocycles. The lowest BCUT2D eigenvalue weighted by atomic mass is 10.00. The predicted octanol–water partition coefficient (Wildman–Crippen LogP) is 3.86. The Hall–Kier alpha value is -3.37. The maximum atomic E-state index is 15.1. The Kier molecular flexibility index (Phi) is 4.96. The second kappa shape index (κ2) is 7.47. The van der Waals surface area contributed by atoms with Crippen molar-refractivity contribution in [2.24, 2.45) is 0 Å². The number of anilines is 1. The highest BCUT2D eigenvalue weighted by Crippen LogP contribution is 2.34. The van der Waals surface area contributed by atoms with Gasteiger partial charge in [0.2, 0.25) is 0 Å². The zero-order valence-electron chi connectivity index (χ0n) is 15.1. The summed E-state index contributed by atoms with van der Waals surface area (Å²) in [6.45, 7) is 0. The van der Waals surface area contributed by atoms with E-state index >= 15 is 4.39 Å². The Morgan fingerprint density at radius 2 is 1.80 bits per heavy atom. The number of benzene rings is 2. The number of aliphatic hydroxyl groups excluding tert-OH is 1. The number of aliphatic hydroxyl groups is 1. The standard InChI is InChI=1S/C20H14F3N3O3S/c21-11-8-13-14(10-25-20(13)24-9-11)19(27)17-15(22)6-7-16(18(17)23)26-30(28,29)12-4-2-1-3-5-12/h1-10,19,26-27H,(H,24,25). The van der Waals surface area contributed by atoms with Crippen LogP contribution in [0.5, 0.6) is 0 Å². The summed E-state index contributed by atoms with van der Waals surface area (Å²) in [6.07, 6.45) is 0.361. The minimum absolute atomic E-state index is 0.0159. The fourth-order valence-electron chi connectivity index (χ4n) is 3.08. The number of aromatic amines is 1. The molecule has 1 unspecified atom stereocenters. The molecule has 0 radical (unpaired) electrons. The molecular weight excluding hydrogens is 419 g/mol. The van der Waals surface area contributed by atoms with Crippen LogP contribution in [0, 0.1) is 17.5 Å². The van der Waals surface area contributed by atoms with E-state index in [1.54, 1.807) is 6.07 Å². The van der Waals surface area contributed by atoms with E-state index in [1.165, 1.54) is 30.5 Å². The third-order valence-corrected chi connectivity index (χ3v) is 5.90. The zero-order valence-corrected chi connectivity index (χ0v) is 15.9. The summed E-state index contributed by atoms with van der Waals surface area (Å²) in [5, 5.41) is 10.8. The van der Waals surface area contributed by atoms with Crippen LogP contribution >= 0.6 is 0 Å². The highest BCUT2D eigenvalue weighted by Gasteiger charge is 2.26. The second-order valence-electron chi connectivity index (χ2n) is 6.44. The molecule has 154 valence electrons. The number of H-pyrrole nitrogens is 1. The predicted molar refractivity (Wildman–Crippen MR) is 104 cm³/mol. The van der Waals surface area contributed by atoms with Crippen LogP contribution < -0.4 is 4.72 Å². The van der Waals surface area contributed by atoms with Gasteiger partial charge >= 0.3 is 0 Å². The molecule has 0 fully saturated rings. The van der Waals surface area contributed by atoms with Crippen molar-refractivity contribution in [2.75, 3.05) is 4.72 Å². The van der Waals surface area contributed by atoms with Gasteiger partial charge < -0.3 is 10.1 Å². The highest BCUT2D eigenvalue weighted by atomic mass is 32.2. The minimum atomic E-state index is -4.15. The van der Waals surface area contributed by atoms with Gasteiger partial charge in [-0.1, -0.05) is 18.2 Å². The molecule has 0 spiro atoms. The Labute approximate surface area is 169 Å². The Balaban J connectivity index is 1.77. The first-order valence-electron chi connectivity index (χ1n) is 8.64. The summed E-state index contributed by atoms with van der Waals surface area (Å²) in [6, 6.07) is 10.0. The number of sulfonamides is 1. The van der Waals surface area contributed by atoms with Crippen molar-refractivity contribution in [2.45, 2.75) is 11.0 Å². The smallest absolute Gasteiger partial charge is 0.261 e. The number of fused-ring (bicyclic) bond motifs is 1. The summed E-state index contributed by atoms with van der Waals surface area (Å²) >= 11 is 0. The fourth-order valence-corrected chi connectivity index (χ4v) is 4.16. The van der Waals surface area contributed by atoms with Crippen LogP contribution in [0.1, 0.15) is 17.2 Å². The van der Waals surface area contributed by atoms with Crippen LogP contribution in [-0.4, -0.2) is 23.5 Å². The summed E-state index contributed by atoms with van der Waals surface area (Å²) < 4.78 is 70.1. The SMILES string of the molecule is O=S(=O)(Nc1ccc(F)c(C(O)c2c[nH]c3ncc(F)cc23)c1F)c1ccccc1. The van der Waals surface area contributed by atoms with Crippen molar-refractivity contribution in [3.8, 4) is 0 Å². The summed E-state index contributed by atoms with van der Waals surface area (Å²) in [5.74, 6) is -3.08. The van der Waals surface area contributed by atoms with Gasteiger partial charge in [0.15, 0.2) is 5.82 Å². The molecule has 1 atom stereocenters. The van der Waals surface area contributed by atoms with Gasteiger partial charge in [0.25, 0.3) is 10.0 Å². The van der Waals surface area contributed by atoms with E-state index in [1.807, 2.05) is 0 Å². The summed E-state index contributed by atoms with van der Waals surface area (Å²) in [7, 11) is -4.15. The van der Waals surface area contributed by atoms with Crippen molar-refractivity contribution >= 4 is 26.7 Å². The van der Waals surface area contributed by atoms with E-state index < -0.39 is 44.8 Å². The molecule has 0 aliphatic carbocycles. The van der Waals surface area contributed by atoms with Crippen molar-refractivity contribution in [1.82, 2.24) is 9.97 Å². The van der Waals surface area contributed by atoms with Gasteiger partial charge in [0.1, 0.15) is 23.4 Å². The molecule has 0 aliphatic heterocycles. The number of nitrogens with one attached hydrogen (secondary N) is 2. The number of nitrogens with zero attached hydrogens (tertiary/aromatic N) is 1. The molecule has 6 nitrogen and oxygen atoms in total. The number of hydrogen-bond acceptors (Lipinski definition) is 4. The minimum Gasteiger partial charge on any atom is -0.383 e. The Morgan fingerprint density at radius 3 is 2.53 bits per heavy atom. The lowest BCUT2D eigenvalue weighted by Gasteiger charge is -2.16. The molecule has 2 heterocycles. The second-order valence-corrected chi connectivity index (χ2v) is 8.12. The van der Waals surface area contributed by atoms with Gasteiger partial charge in [0.05, 0.1) is 22.3 Å². The molecule has 3 N–H and O–H groups in total. The molecule has 0 aliphatic rings. The first-order valence-corrected chi connectivity index (χ1v) is 10.1. The van der Waals surface area contributed by atoms with Crippen LogP contribution in [0.4, 0.5) is 18.9 Å². The van der Waals surface area contributed by atoms with Crippen LogP contribution in [-0.2, 0) is 10.0 Å². The molecule has 0 saturated carbocycles. The van der Waals surface area contributed by atoms with Gasteiger partial charge in [-0.15, -0.1) is 0 Å². The van der Waals surface area contributed by atoms with Crippen molar-refractivity contribution < 1.29 is 26.7 Å². The molecular formula is C20H14F3N3O3S. The number of rotatable bonds is 5. The third kappa shape index (κ3) is 3.51. The highest BCUT2D eigenvalue weighted by molar-refractivity contribution is 7.92. The summed E-state index contributed by atoms with van der Waals surface area (Å²) in [5.41, 5.74) is -1.13. The fraction of sp³-hybridized carbons (Fsp3) is 0.0500. The molecule has 2 aromatic heterocycles. The number of hydrogen-bond donors (Lipinski definition) is 3. The average Bonchev–Trinajstić information content (AvgIpc) is 3.14. The maximum absolute atomic E-state index is 15.1. The molecule has 10 heteroatoms. The third-order valence-electron chi connectivity index (χ3n) is 4.52. The van der Waals surface area contributed by atoms with E-state index in [4.69, 9.17) is 0 Å². The van der Waals surface area contributed by atoms with Crippen LogP contribution in [0.3, 0.4) is 0 Å². The van der Waals surface area contributed by atoms with E-state index in [0.29, 0.717) is 0 Å². The first kappa shape index (κ1) is 19.9. The van der Waals surface area contributed by atoms with E-state index in [9.17, 15) is 22.3 Å². The Morgan fingerprint density at radius 1 is 1.07 bits per heavy atom. The quantitative estimate of drug-likeness (QED) is 0.445.